The minimum Gasteiger partial charge on any atom is -0.350 e. The average molecular weight is 384 g/mol. The molecule has 2 aromatic rings. The number of alkyl halides is 2. The van der Waals surface area contributed by atoms with E-state index in [1.54, 1.807) is 24.4 Å². The maximum atomic E-state index is 12.9. The van der Waals surface area contributed by atoms with Gasteiger partial charge >= 0.3 is 0 Å². The third kappa shape index (κ3) is 6.73. The second kappa shape index (κ2) is 10.1. The van der Waals surface area contributed by atoms with Gasteiger partial charge in [0.15, 0.2) is 0 Å². The summed E-state index contributed by atoms with van der Waals surface area (Å²) in [5.74, 6) is -3.09. The first-order valence-electron chi connectivity index (χ1n) is 6.59. The van der Waals surface area contributed by atoms with Gasteiger partial charge in [-0.3, -0.25) is 9.78 Å². The molecule has 2 aromatic heterocycles. The molecule has 7 nitrogen and oxygen atoms in total. The fourth-order valence-corrected chi connectivity index (χ4v) is 1.56. The number of carbonyl (C=O) groups excluding carboxylic acids is 1. The molecule has 2 heterocycles. The van der Waals surface area contributed by atoms with Crippen molar-refractivity contribution in [1.82, 2.24) is 20.4 Å². The molecular weight excluding hydrogens is 367 g/mol. The lowest BCUT2D eigenvalue weighted by Crippen LogP contribution is -2.41. The molecule has 3 N–H and O–H groups in total. The molecule has 0 atom stereocenters. The van der Waals surface area contributed by atoms with Crippen LogP contribution in [0.1, 0.15) is 12.3 Å². The second-order valence-corrected chi connectivity index (χ2v) is 4.56. The number of nitrogens with zero attached hydrogens (tertiary/aromatic N) is 3. The Morgan fingerprint density at radius 1 is 1.33 bits per heavy atom. The number of amides is 1. The van der Waals surface area contributed by atoms with E-state index in [2.05, 4.69) is 20.4 Å². The number of rotatable bonds is 7. The molecule has 1 amide bonds. The van der Waals surface area contributed by atoms with Gasteiger partial charge in [-0.25, -0.2) is 8.78 Å². The predicted molar refractivity (Wildman–Crippen MR) is 87.4 cm³/mol. The first-order valence-corrected chi connectivity index (χ1v) is 6.59. The standard InChI is InChI=1S/C13H15F2N5O2.2ClH/c14-13(15,7-16)8-18-10(21)4-5-11-19-12(20-22-11)9-3-1-2-6-17-9;;/h1-3,6H,4-5,7-8,16H2,(H,18,21);2*1H. The van der Waals surface area contributed by atoms with Crippen LogP contribution in [-0.2, 0) is 11.2 Å². The molecule has 0 aliphatic rings. The van der Waals surface area contributed by atoms with Gasteiger partial charge < -0.3 is 15.6 Å². The topological polar surface area (TPSA) is 107 Å². The van der Waals surface area contributed by atoms with Gasteiger partial charge in [-0.2, -0.15) is 4.98 Å². The Morgan fingerprint density at radius 2 is 2.08 bits per heavy atom. The molecule has 0 aromatic carbocycles. The lowest BCUT2D eigenvalue weighted by Gasteiger charge is -2.14. The van der Waals surface area contributed by atoms with Crippen molar-refractivity contribution in [1.29, 1.82) is 0 Å². The summed E-state index contributed by atoms with van der Waals surface area (Å²) < 4.78 is 30.7. The summed E-state index contributed by atoms with van der Waals surface area (Å²) in [6.45, 7) is -1.60. The number of nitrogens with two attached hydrogens (primary N) is 1. The summed E-state index contributed by atoms with van der Waals surface area (Å²) in [4.78, 5) is 19.6. The van der Waals surface area contributed by atoms with Crippen LogP contribution in [0.25, 0.3) is 11.5 Å². The molecule has 134 valence electrons. The van der Waals surface area contributed by atoms with Gasteiger partial charge in [-0.15, -0.1) is 24.8 Å². The molecule has 11 heteroatoms. The van der Waals surface area contributed by atoms with E-state index in [4.69, 9.17) is 10.3 Å². The van der Waals surface area contributed by atoms with Gasteiger partial charge in [0.05, 0.1) is 13.1 Å². The smallest absolute Gasteiger partial charge is 0.277 e. The first-order chi connectivity index (χ1) is 10.5. The van der Waals surface area contributed by atoms with Gasteiger partial charge in [-0.1, -0.05) is 11.2 Å². The zero-order valence-electron chi connectivity index (χ0n) is 12.4. The normalized spacial score (nSPS) is 10.5. The summed E-state index contributed by atoms with van der Waals surface area (Å²) in [5, 5.41) is 5.86. The highest BCUT2D eigenvalue weighted by Gasteiger charge is 2.27. The van der Waals surface area contributed by atoms with Crippen LogP contribution in [0.15, 0.2) is 28.9 Å². The summed E-state index contributed by atoms with van der Waals surface area (Å²) in [6.07, 6.45) is 1.71. The Labute approximate surface area is 149 Å². The van der Waals surface area contributed by atoms with Crippen LogP contribution in [0.2, 0.25) is 0 Å². The van der Waals surface area contributed by atoms with Crippen LogP contribution in [-0.4, -0.2) is 40.0 Å². The lowest BCUT2D eigenvalue weighted by molar-refractivity contribution is -0.122. The molecule has 0 bridgehead atoms. The molecule has 0 aliphatic heterocycles. The molecule has 0 saturated heterocycles. The Balaban J connectivity index is 0.00000264. The maximum Gasteiger partial charge on any atom is 0.277 e. The highest BCUT2D eigenvalue weighted by molar-refractivity contribution is 5.85. The van der Waals surface area contributed by atoms with Crippen molar-refractivity contribution in [2.24, 2.45) is 5.73 Å². The van der Waals surface area contributed by atoms with Crippen LogP contribution >= 0.6 is 24.8 Å². The Bertz CT molecular complexity index is 628. The van der Waals surface area contributed by atoms with E-state index in [0.717, 1.165) is 0 Å². The van der Waals surface area contributed by atoms with Gasteiger partial charge in [0.25, 0.3) is 5.92 Å². The number of nitrogens with one attached hydrogen (secondary N) is 1. The monoisotopic (exact) mass is 383 g/mol. The van der Waals surface area contributed by atoms with Crippen molar-refractivity contribution in [3.63, 3.8) is 0 Å². The summed E-state index contributed by atoms with van der Waals surface area (Å²) >= 11 is 0. The predicted octanol–water partition coefficient (Wildman–Crippen LogP) is 1.62. The Hall–Kier alpha value is -1.84. The number of carbonyl (C=O) groups is 1. The quantitative estimate of drug-likeness (QED) is 0.751. The van der Waals surface area contributed by atoms with Crippen LogP contribution in [0.3, 0.4) is 0 Å². The lowest BCUT2D eigenvalue weighted by atomic mass is 10.2. The molecule has 0 fully saturated rings. The van der Waals surface area contributed by atoms with Crippen molar-refractivity contribution in [3.05, 3.63) is 30.3 Å². The van der Waals surface area contributed by atoms with E-state index in [9.17, 15) is 13.6 Å². The molecule has 0 aliphatic carbocycles. The number of halogens is 4. The van der Waals surface area contributed by atoms with Gasteiger partial charge in [0.2, 0.25) is 17.6 Å². The zero-order chi connectivity index (χ0) is 16.0. The Kier molecular flexibility index (Phi) is 9.34. The highest BCUT2D eigenvalue weighted by atomic mass is 35.5. The molecule has 0 spiro atoms. The SMILES string of the molecule is Cl.Cl.NCC(F)(F)CNC(=O)CCc1nc(-c2ccccn2)no1. The van der Waals surface area contributed by atoms with E-state index < -0.39 is 24.9 Å². The number of hydrogen-bond acceptors (Lipinski definition) is 6. The third-order valence-electron chi connectivity index (χ3n) is 2.77. The van der Waals surface area contributed by atoms with Crippen molar-refractivity contribution >= 4 is 30.7 Å². The highest BCUT2D eigenvalue weighted by Crippen LogP contribution is 2.13. The fourth-order valence-electron chi connectivity index (χ4n) is 1.56. The fraction of sp³-hybridized carbons (Fsp3) is 0.385. The molecule has 24 heavy (non-hydrogen) atoms. The minimum atomic E-state index is -3.10. The van der Waals surface area contributed by atoms with Gasteiger partial charge in [0, 0.05) is 19.0 Å². The van der Waals surface area contributed by atoms with E-state index in [-0.39, 0.29) is 43.5 Å². The van der Waals surface area contributed by atoms with E-state index in [1.807, 2.05) is 0 Å². The van der Waals surface area contributed by atoms with Crippen molar-refractivity contribution < 1.29 is 18.1 Å². The van der Waals surface area contributed by atoms with Crippen LogP contribution in [0.4, 0.5) is 8.78 Å². The van der Waals surface area contributed by atoms with Crippen LogP contribution < -0.4 is 11.1 Å². The number of pyridine rings is 1. The van der Waals surface area contributed by atoms with E-state index >= 15 is 0 Å². The summed E-state index contributed by atoms with van der Waals surface area (Å²) in [5.41, 5.74) is 5.42. The van der Waals surface area contributed by atoms with E-state index in [0.29, 0.717) is 11.5 Å². The van der Waals surface area contributed by atoms with E-state index in [1.165, 1.54) is 0 Å². The van der Waals surface area contributed by atoms with Gasteiger partial charge in [-0.05, 0) is 12.1 Å². The summed E-state index contributed by atoms with van der Waals surface area (Å²) in [7, 11) is 0. The largest absolute Gasteiger partial charge is 0.350 e. The summed E-state index contributed by atoms with van der Waals surface area (Å²) in [6, 6.07) is 5.26. The van der Waals surface area contributed by atoms with Crippen LogP contribution in [0.5, 0.6) is 0 Å². The third-order valence-corrected chi connectivity index (χ3v) is 2.77. The van der Waals surface area contributed by atoms with Crippen molar-refractivity contribution in [2.75, 3.05) is 13.1 Å². The molecule has 2 rings (SSSR count). The molecular formula is C13H17Cl2F2N5O2. The minimum absolute atomic E-state index is 0. The van der Waals surface area contributed by atoms with Crippen molar-refractivity contribution in [2.45, 2.75) is 18.8 Å². The Morgan fingerprint density at radius 3 is 2.71 bits per heavy atom. The first kappa shape index (κ1) is 22.2. The maximum absolute atomic E-state index is 12.9. The second-order valence-electron chi connectivity index (χ2n) is 4.56. The number of hydrogen-bond donors (Lipinski definition) is 2. The number of aryl methyl sites for hydroxylation is 1. The average Bonchev–Trinajstić information content (AvgIpc) is 3.01. The molecule has 0 radical (unpaired) electrons. The molecule has 0 unspecified atom stereocenters. The van der Waals surface area contributed by atoms with Crippen LogP contribution in [0, 0.1) is 0 Å². The number of aromatic nitrogens is 3. The van der Waals surface area contributed by atoms with Crippen molar-refractivity contribution in [3.8, 4) is 11.5 Å². The zero-order valence-corrected chi connectivity index (χ0v) is 14.1. The molecule has 0 saturated carbocycles. The van der Waals surface area contributed by atoms with Gasteiger partial charge in [0.1, 0.15) is 5.69 Å².